The number of hydrogen-bond acceptors (Lipinski definition) is 5. The molecule has 0 unspecified atom stereocenters. The van der Waals surface area contributed by atoms with Gasteiger partial charge in [0.2, 0.25) is 5.13 Å². The minimum absolute atomic E-state index is 0.407. The van der Waals surface area contributed by atoms with Gasteiger partial charge in [-0.25, -0.2) is 13.8 Å². The van der Waals surface area contributed by atoms with Crippen LogP contribution in [-0.4, -0.2) is 16.3 Å². The Balaban J connectivity index is 2.16. The average Bonchev–Trinajstić information content (AvgIpc) is 2.74. The van der Waals surface area contributed by atoms with E-state index in [1.807, 2.05) is 12.3 Å². The standard InChI is InChI=1S/C11H9F2N3OS/c1-6-5-18-11(15-6)16-14-4-7-8(12)2-3-9(17)10(7)13/h2-5,17H,1H3,(H,15,16). The number of phenolic OH excluding ortho intramolecular Hbond substituents is 1. The number of phenols is 1. The van der Waals surface area contributed by atoms with Crippen molar-refractivity contribution in [3.8, 4) is 5.75 Å². The summed E-state index contributed by atoms with van der Waals surface area (Å²) in [7, 11) is 0. The summed E-state index contributed by atoms with van der Waals surface area (Å²) < 4.78 is 26.6. The number of nitrogens with one attached hydrogen (secondary N) is 1. The maximum atomic E-state index is 13.4. The van der Waals surface area contributed by atoms with Crippen LogP contribution in [0.4, 0.5) is 13.9 Å². The van der Waals surface area contributed by atoms with Crippen LogP contribution in [0.5, 0.6) is 5.75 Å². The number of aromatic hydroxyl groups is 1. The monoisotopic (exact) mass is 269 g/mol. The first kappa shape index (κ1) is 12.4. The van der Waals surface area contributed by atoms with Crippen molar-refractivity contribution in [2.24, 2.45) is 5.10 Å². The molecule has 0 aliphatic carbocycles. The number of benzene rings is 1. The van der Waals surface area contributed by atoms with Crippen LogP contribution < -0.4 is 5.43 Å². The number of aryl methyl sites for hydroxylation is 1. The summed E-state index contributed by atoms with van der Waals surface area (Å²) in [5, 5.41) is 15.1. The molecule has 0 fully saturated rings. The highest BCUT2D eigenvalue weighted by atomic mass is 32.1. The lowest BCUT2D eigenvalue weighted by Gasteiger charge is -2.00. The molecule has 18 heavy (non-hydrogen) atoms. The quantitative estimate of drug-likeness (QED) is 0.665. The first-order chi connectivity index (χ1) is 8.58. The van der Waals surface area contributed by atoms with Gasteiger partial charge in [-0.2, -0.15) is 5.10 Å². The Morgan fingerprint density at radius 1 is 1.44 bits per heavy atom. The Bertz CT molecular complexity index is 598. The van der Waals surface area contributed by atoms with Gasteiger partial charge in [0.25, 0.3) is 0 Å². The summed E-state index contributed by atoms with van der Waals surface area (Å²) >= 11 is 1.32. The molecular formula is C11H9F2N3OS. The van der Waals surface area contributed by atoms with Crippen LogP contribution in [0.3, 0.4) is 0 Å². The normalized spacial score (nSPS) is 11.1. The van der Waals surface area contributed by atoms with Crippen molar-refractivity contribution in [3.63, 3.8) is 0 Å². The van der Waals surface area contributed by atoms with E-state index in [4.69, 9.17) is 5.11 Å². The third kappa shape index (κ3) is 2.62. The summed E-state index contributed by atoms with van der Waals surface area (Å²) in [4.78, 5) is 4.06. The number of anilines is 1. The molecule has 0 amide bonds. The lowest BCUT2D eigenvalue weighted by atomic mass is 10.2. The predicted octanol–water partition coefficient (Wildman–Crippen LogP) is 2.88. The second-order valence-corrected chi connectivity index (χ2v) is 4.32. The van der Waals surface area contributed by atoms with E-state index in [0.717, 1.165) is 24.0 Å². The minimum atomic E-state index is -1.05. The first-order valence-electron chi connectivity index (χ1n) is 4.96. The number of aromatic nitrogens is 1. The molecule has 1 aromatic carbocycles. The summed E-state index contributed by atoms with van der Waals surface area (Å²) in [6.07, 6.45) is 0.959. The van der Waals surface area contributed by atoms with E-state index in [1.54, 1.807) is 0 Å². The van der Waals surface area contributed by atoms with Gasteiger partial charge in [-0.3, -0.25) is 5.43 Å². The first-order valence-corrected chi connectivity index (χ1v) is 5.84. The Kier molecular flexibility index (Phi) is 3.52. The zero-order valence-electron chi connectivity index (χ0n) is 9.32. The van der Waals surface area contributed by atoms with Gasteiger partial charge in [0.05, 0.1) is 17.5 Å². The van der Waals surface area contributed by atoms with Crippen molar-refractivity contribution in [1.82, 2.24) is 4.98 Å². The molecular weight excluding hydrogens is 260 g/mol. The summed E-state index contributed by atoms with van der Waals surface area (Å²) in [6.45, 7) is 1.82. The van der Waals surface area contributed by atoms with Crippen LogP contribution in [0, 0.1) is 18.6 Å². The Morgan fingerprint density at radius 2 is 2.22 bits per heavy atom. The van der Waals surface area contributed by atoms with Crippen molar-refractivity contribution >= 4 is 22.7 Å². The molecule has 2 rings (SSSR count). The number of nitrogens with zero attached hydrogens (tertiary/aromatic N) is 2. The van der Waals surface area contributed by atoms with Crippen LogP contribution >= 0.6 is 11.3 Å². The van der Waals surface area contributed by atoms with Gasteiger partial charge in [-0.15, -0.1) is 11.3 Å². The zero-order chi connectivity index (χ0) is 13.1. The molecule has 0 saturated heterocycles. The molecule has 0 atom stereocenters. The van der Waals surface area contributed by atoms with Crippen molar-refractivity contribution in [2.45, 2.75) is 6.92 Å². The molecule has 0 bridgehead atoms. The molecule has 2 N–H and O–H groups in total. The second-order valence-electron chi connectivity index (χ2n) is 3.46. The van der Waals surface area contributed by atoms with Gasteiger partial charge < -0.3 is 5.11 Å². The van der Waals surface area contributed by atoms with Crippen LogP contribution in [0.1, 0.15) is 11.3 Å². The topological polar surface area (TPSA) is 57.5 Å². The maximum absolute atomic E-state index is 13.4. The van der Waals surface area contributed by atoms with Gasteiger partial charge in [0, 0.05) is 5.38 Å². The van der Waals surface area contributed by atoms with Crippen molar-refractivity contribution in [3.05, 3.63) is 40.4 Å². The summed E-state index contributed by atoms with van der Waals surface area (Å²) in [5.74, 6) is -2.47. The van der Waals surface area contributed by atoms with E-state index in [-0.39, 0.29) is 0 Å². The second kappa shape index (κ2) is 5.09. The van der Waals surface area contributed by atoms with E-state index < -0.39 is 22.9 Å². The van der Waals surface area contributed by atoms with E-state index >= 15 is 0 Å². The number of hydrazone groups is 1. The third-order valence-corrected chi connectivity index (χ3v) is 2.94. The molecule has 0 saturated carbocycles. The number of rotatable bonds is 3. The minimum Gasteiger partial charge on any atom is -0.505 e. The SMILES string of the molecule is Cc1csc(NN=Cc2c(F)ccc(O)c2F)n1. The molecule has 0 radical (unpaired) electrons. The highest BCUT2D eigenvalue weighted by Gasteiger charge is 2.10. The molecule has 0 aliphatic heterocycles. The Labute approximate surface area is 106 Å². The van der Waals surface area contributed by atoms with Crippen molar-refractivity contribution in [2.75, 3.05) is 5.43 Å². The highest BCUT2D eigenvalue weighted by molar-refractivity contribution is 7.13. The van der Waals surface area contributed by atoms with E-state index in [1.165, 1.54) is 11.3 Å². The van der Waals surface area contributed by atoms with E-state index in [0.29, 0.717) is 5.13 Å². The smallest absolute Gasteiger partial charge is 0.203 e. The Hall–Kier alpha value is -2.02. The fourth-order valence-corrected chi connectivity index (χ4v) is 1.87. The molecule has 1 heterocycles. The molecule has 94 valence electrons. The largest absolute Gasteiger partial charge is 0.505 e. The van der Waals surface area contributed by atoms with E-state index in [9.17, 15) is 8.78 Å². The molecule has 0 spiro atoms. The van der Waals surface area contributed by atoms with Gasteiger partial charge in [-0.1, -0.05) is 0 Å². The van der Waals surface area contributed by atoms with Gasteiger partial charge in [0.1, 0.15) is 5.82 Å². The van der Waals surface area contributed by atoms with Gasteiger partial charge in [-0.05, 0) is 19.1 Å². The van der Waals surface area contributed by atoms with Crippen LogP contribution in [0.2, 0.25) is 0 Å². The number of halogens is 2. The fraction of sp³-hybridized carbons (Fsp3) is 0.0909. The third-order valence-electron chi connectivity index (χ3n) is 2.08. The Morgan fingerprint density at radius 3 is 2.89 bits per heavy atom. The van der Waals surface area contributed by atoms with Crippen LogP contribution in [0.15, 0.2) is 22.6 Å². The highest BCUT2D eigenvalue weighted by Crippen LogP contribution is 2.20. The van der Waals surface area contributed by atoms with Crippen molar-refractivity contribution in [1.29, 1.82) is 0 Å². The van der Waals surface area contributed by atoms with Crippen LogP contribution in [-0.2, 0) is 0 Å². The molecule has 0 aliphatic rings. The molecule has 2 aromatic rings. The molecule has 4 nitrogen and oxygen atoms in total. The molecule has 7 heteroatoms. The number of hydrogen-bond donors (Lipinski definition) is 2. The maximum Gasteiger partial charge on any atom is 0.203 e. The zero-order valence-corrected chi connectivity index (χ0v) is 10.1. The van der Waals surface area contributed by atoms with E-state index in [2.05, 4.69) is 15.5 Å². The van der Waals surface area contributed by atoms with Crippen molar-refractivity contribution < 1.29 is 13.9 Å². The summed E-state index contributed by atoms with van der Waals surface area (Å²) in [5.41, 5.74) is 2.97. The fourth-order valence-electron chi connectivity index (χ4n) is 1.23. The lowest BCUT2D eigenvalue weighted by Crippen LogP contribution is -1.97. The lowest BCUT2D eigenvalue weighted by molar-refractivity contribution is 0.427. The van der Waals surface area contributed by atoms with Gasteiger partial charge in [0.15, 0.2) is 11.6 Å². The van der Waals surface area contributed by atoms with Crippen LogP contribution in [0.25, 0.3) is 0 Å². The summed E-state index contributed by atoms with van der Waals surface area (Å²) in [6, 6.07) is 1.91. The average molecular weight is 269 g/mol. The number of thiazole rings is 1. The van der Waals surface area contributed by atoms with Gasteiger partial charge >= 0.3 is 0 Å². The molecule has 1 aromatic heterocycles. The predicted molar refractivity (Wildman–Crippen MR) is 66.1 cm³/mol.